The lowest BCUT2D eigenvalue weighted by Crippen LogP contribution is -2.19. The van der Waals surface area contributed by atoms with Crippen LogP contribution in [0.25, 0.3) is 17.1 Å². The number of fused-ring (bicyclic) bond motifs is 1. The highest BCUT2D eigenvalue weighted by molar-refractivity contribution is 5.82. The zero-order chi connectivity index (χ0) is 18.2. The molecule has 0 fully saturated rings. The third kappa shape index (κ3) is 4.32. The summed E-state index contributed by atoms with van der Waals surface area (Å²) in [5.74, 6) is 0.591. The number of hydrazone groups is 1. The fourth-order valence-electron chi connectivity index (χ4n) is 2.45. The summed E-state index contributed by atoms with van der Waals surface area (Å²) in [6.45, 7) is 0.443. The van der Waals surface area contributed by atoms with Crippen LogP contribution in [0.3, 0.4) is 0 Å². The van der Waals surface area contributed by atoms with Crippen molar-refractivity contribution in [1.29, 1.82) is 0 Å². The lowest BCUT2D eigenvalue weighted by molar-refractivity contribution is -0.121. The first-order valence-corrected chi connectivity index (χ1v) is 8.18. The van der Waals surface area contributed by atoms with Gasteiger partial charge in [-0.25, -0.2) is 10.1 Å². The first kappa shape index (κ1) is 17.3. The molecule has 0 bridgehead atoms. The van der Waals surface area contributed by atoms with Crippen LogP contribution in [0, 0.1) is 0 Å². The van der Waals surface area contributed by atoms with Gasteiger partial charge in [-0.1, -0.05) is 35.5 Å². The lowest BCUT2D eigenvalue weighted by Gasteiger charge is -2.02. The largest absolute Gasteiger partial charge is 0.496 e. The summed E-state index contributed by atoms with van der Waals surface area (Å²) >= 11 is 0. The van der Waals surface area contributed by atoms with Crippen molar-refractivity contribution in [2.75, 3.05) is 7.11 Å². The molecule has 0 aliphatic carbocycles. The van der Waals surface area contributed by atoms with E-state index in [1.165, 1.54) is 6.21 Å². The summed E-state index contributed by atoms with van der Waals surface area (Å²) in [4.78, 5) is 11.9. The van der Waals surface area contributed by atoms with Gasteiger partial charge in [0.15, 0.2) is 0 Å². The van der Waals surface area contributed by atoms with Crippen molar-refractivity contribution in [1.82, 2.24) is 20.4 Å². The Bertz CT molecular complexity index is 946. The monoisotopic (exact) mass is 349 g/mol. The van der Waals surface area contributed by atoms with Gasteiger partial charge in [0.05, 0.1) is 19.2 Å². The number of amides is 1. The number of hydrogen-bond donors (Lipinski definition) is 1. The molecular formula is C19H19N5O2. The Morgan fingerprint density at radius 1 is 1.23 bits per heavy atom. The van der Waals surface area contributed by atoms with Gasteiger partial charge in [-0.15, -0.1) is 5.10 Å². The molecule has 3 aromatic rings. The Balaban J connectivity index is 1.48. The van der Waals surface area contributed by atoms with E-state index >= 15 is 0 Å². The van der Waals surface area contributed by atoms with E-state index in [9.17, 15) is 4.79 Å². The van der Waals surface area contributed by atoms with Crippen molar-refractivity contribution in [3.8, 4) is 5.75 Å². The Morgan fingerprint density at radius 3 is 2.92 bits per heavy atom. The summed E-state index contributed by atoms with van der Waals surface area (Å²) in [5.41, 5.74) is 5.15. The van der Waals surface area contributed by atoms with E-state index in [0.717, 1.165) is 22.3 Å². The molecule has 132 valence electrons. The average molecular weight is 349 g/mol. The van der Waals surface area contributed by atoms with Crippen LogP contribution in [0.15, 0.2) is 59.7 Å². The molecule has 2 aromatic carbocycles. The fourth-order valence-corrected chi connectivity index (χ4v) is 2.45. The molecular weight excluding hydrogens is 330 g/mol. The lowest BCUT2D eigenvalue weighted by atomic mass is 10.2. The quantitative estimate of drug-likeness (QED) is 0.525. The van der Waals surface area contributed by atoms with Crippen LogP contribution in [0.4, 0.5) is 0 Å². The zero-order valence-electron chi connectivity index (χ0n) is 14.4. The molecule has 0 saturated heterocycles. The second-order valence-corrected chi connectivity index (χ2v) is 5.47. The molecule has 7 heteroatoms. The van der Waals surface area contributed by atoms with Crippen LogP contribution in [0.5, 0.6) is 5.75 Å². The first-order chi connectivity index (χ1) is 12.8. The maximum atomic E-state index is 11.9. The number of ether oxygens (including phenoxy) is 1. The molecule has 0 atom stereocenters. The number of allylic oxidation sites excluding steroid dienone is 1. The molecule has 0 saturated carbocycles. The van der Waals surface area contributed by atoms with E-state index in [1.807, 2.05) is 54.6 Å². The SMILES string of the molecule is COc1ccccc1/C=C\C=NNC(=O)CCn1nnc2ccccc21. The minimum Gasteiger partial charge on any atom is -0.496 e. The summed E-state index contributed by atoms with van der Waals surface area (Å²) in [5, 5.41) is 12.0. The molecule has 1 amide bonds. The topological polar surface area (TPSA) is 81.4 Å². The molecule has 1 N–H and O–H groups in total. The first-order valence-electron chi connectivity index (χ1n) is 8.18. The molecule has 0 spiro atoms. The second kappa shape index (κ2) is 8.57. The van der Waals surface area contributed by atoms with Crippen LogP contribution in [-0.4, -0.2) is 34.2 Å². The molecule has 0 radical (unpaired) electrons. The molecule has 0 aliphatic rings. The van der Waals surface area contributed by atoms with Gasteiger partial charge in [0.25, 0.3) is 0 Å². The van der Waals surface area contributed by atoms with Crippen molar-refractivity contribution in [3.05, 3.63) is 60.2 Å². The van der Waals surface area contributed by atoms with E-state index in [4.69, 9.17) is 4.74 Å². The van der Waals surface area contributed by atoms with E-state index < -0.39 is 0 Å². The number of nitrogens with one attached hydrogen (secondary N) is 1. The van der Waals surface area contributed by atoms with Gasteiger partial charge in [-0.2, -0.15) is 5.10 Å². The highest BCUT2D eigenvalue weighted by atomic mass is 16.5. The molecule has 26 heavy (non-hydrogen) atoms. The van der Waals surface area contributed by atoms with Crippen LogP contribution >= 0.6 is 0 Å². The average Bonchev–Trinajstić information content (AvgIpc) is 3.09. The Labute approximate surface area is 151 Å². The second-order valence-electron chi connectivity index (χ2n) is 5.47. The van der Waals surface area contributed by atoms with Crippen molar-refractivity contribution in [2.24, 2.45) is 5.10 Å². The van der Waals surface area contributed by atoms with Crippen LogP contribution in [-0.2, 0) is 11.3 Å². The zero-order valence-corrected chi connectivity index (χ0v) is 14.4. The number of benzene rings is 2. The molecule has 1 aromatic heterocycles. The van der Waals surface area contributed by atoms with Crippen molar-refractivity contribution in [3.63, 3.8) is 0 Å². The van der Waals surface area contributed by atoms with Crippen molar-refractivity contribution in [2.45, 2.75) is 13.0 Å². The highest BCUT2D eigenvalue weighted by Crippen LogP contribution is 2.18. The Hall–Kier alpha value is -3.48. The van der Waals surface area contributed by atoms with Gasteiger partial charge in [0, 0.05) is 18.2 Å². The minimum atomic E-state index is -0.188. The summed E-state index contributed by atoms with van der Waals surface area (Å²) < 4.78 is 6.97. The smallest absolute Gasteiger partial charge is 0.241 e. The fraction of sp³-hybridized carbons (Fsp3) is 0.158. The Kier molecular flexibility index (Phi) is 5.72. The van der Waals surface area contributed by atoms with Crippen LogP contribution in [0.2, 0.25) is 0 Å². The molecule has 0 aliphatic heterocycles. The minimum absolute atomic E-state index is 0.188. The van der Waals surface area contributed by atoms with E-state index in [1.54, 1.807) is 17.9 Å². The number of carbonyl (C=O) groups is 1. The van der Waals surface area contributed by atoms with E-state index in [2.05, 4.69) is 20.8 Å². The standard InChI is InChI=1S/C19H19N5O2/c1-26-18-11-5-2-7-15(18)8-6-13-20-22-19(25)12-14-24-17-10-4-3-9-16(17)21-23-24/h2-11,13H,12,14H2,1H3,(H,22,25)/b8-6-,20-13?. The number of methoxy groups -OCH3 is 1. The third-order valence-corrected chi connectivity index (χ3v) is 3.74. The summed E-state index contributed by atoms with van der Waals surface area (Å²) in [6, 6.07) is 15.3. The molecule has 0 unspecified atom stereocenters. The normalized spacial score (nSPS) is 11.4. The van der Waals surface area contributed by atoms with Crippen LogP contribution in [0.1, 0.15) is 12.0 Å². The van der Waals surface area contributed by atoms with E-state index in [0.29, 0.717) is 6.54 Å². The molecule has 7 nitrogen and oxygen atoms in total. The van der Waals surface area contributed by atoms with Gasteiger partial charge in [-0.05, 0) is 30.4 Å². The van der Waals surface area contributed by atoms with Gasteiger partial charge < -0.3 is 4.74 Å². The number of aryl methyl sites for hydroxylation is 1. The maximum Gasteiger partial charge on any atom is 0.241 e. The number of carbonyl (C=O) groups excluding carboxylic acids is 1. The number of rotatable bonds is 7. The number of nitrogens with zero attached hydrogens (tertiary/aromatic N) is 4. The van der Waals surface area contributed by atoms with Gasteiger partial charge in [0.2, 0.25) is 5.91 Å². The van der Waals surface area contributed by atoms with Crippen LogP contribution < -0.4 is 10.2 Å². The predicted octanol–water partition coefficient (Wildman–Crippen LogP) is 2.65. The maximum absolute atomic E-state index is 11.9. The van der Waals surface area contributed by atoms with Crippen molar-refractivity contribution < 1.29 is 9.53 Å². The number of aromatic nitrogens is 3. The molecule has 1 heterocycles. The highest BCUT2D eigenvalue weighted by Gasteiger charge is 2.05. The Morgan fingerprint density at radius 2 is 2.04 bits per heavy atom. The number of hydrogen-bond acceptors (Lipinski definition) is 5. The number of para-hydroxylation sites is 2. The molecule has 3 rings (SSSR count). The summed E-state index contributed by atoms with van der Waals surface area (Å²) in [7, 11) is 1.62. The van der Waals surface area contributed by atoms with Gasteiger partial charge in [-0.3, -0.25) is 4.79 Å². The predicted molar refractivity (Wildman–Crippen MR) is 101 cm³/mol. The van der Waals surface area contributed by atoms with Gasteiger partial charge >= 0.3 is 0 Å². The van der Waals surface area contributed by atoms with Gasteiger partial charge in [0.1, 0.15) is 11.3 Å². The third-order valence-electron chi connectivity index (χ3n) is 3.74. The van der Waals surface area contributed by atoms with E-state index in [-0.39, 0.29) is 12.3 Å². The summed E-state index contributed by atoms with van der Waals surface area (Å²) in [6.07, 6.45) is 5.38. The van der Waals surface area contributed by atoms with Crippen molar-refractivity contribution >= 4 is 29.2 Å².